The van der Waals surface area contributed by atoms with Gasteiger partial charge in [0.05, 0.1) is 6.10 Å². The number of hydrogen-bond donors (Lipinski definition) is 0. The van der Waals surface area contributed by atoms with Crippen molar-refractivity contribution in [1.29, 1.82) is 0 Å². The maximum Gasteiger partial charge on any atom is 0.0574 e. The number of hydrogen-bond acceptors (Lipinski definition) is 1. The van der Waals surface area contributed by atoms with Gasteiger partial charge in [-0.1, -0.05) is 74.0 Å². The van der Waals surface area contributed by atoms with E-state index in [2.05, 4.69) is 74.5 Å². The Morgan fingerprint density at radius 2 is 1.38 bits per heavy atom. The van der Waals surface area contributed by atoms with E-state index in [4.69, 9.17) is 4.74 Å². The van der Waals surface area contributed by atoms with Gasteiger partial charge in [-0.05, 0) is 37.5 Å². The third-order valence-electron chi connectivity index (χ3n) is 4.11. The molecule has 0 aliphatic rings. The maximum absolute atomic E-state index is 5.59. The Labute approximate surface area is 130 Å². The highest BCUT2D eigenvalue weighted by Gasteiger charge is 2.22. The molecule has 21 heavy (non-hydrogen) atoms. The van der Waals surface area contributed by atoms with Crippen molar-refractivity contribution >= 4 is 18.5 Å². The van der Waals surface area contributed by atoms with Crippen LogP contribution in [-0.2, 0) is 4.74 Å². The Balaban J connectivity index is 2.29. The molecule has 0 aliphatic carbocycles. The van der Waals surface area contributed by atoms with E-state index in [1.807, 2.05) is 7.11 Å². The van der Waals surface area contributed by atoms with Gasteiger partial charge in [-0.3, -0.25) is 0 Å². The minimum atomic E-state index is -0.314. The molecule has 0 aromatic heterocycles. The minimum absolute atomic E-state index is 0.312. The molecule has 2 heteroatoms. The summed E-state index contributed by atoms with van der Waals surface area (Å²) >= 11 is 0. The fourth-order valence-electron chi connectivity index (χ4n) is 2.61. The summed E-state index contributed by atoms with van der Waals surface area (Å²) in [7, 11) is 1.51. The lowest BCUT2D eigenvalue weighted by molar-refractivity contribution is 0.0738. The van der Waals surface area contributed by atoms with Gasteiger partial charge in [-0.25, -0.2) is 0 Å². The van der Waals surface area contributed by atoms with Crippen molar-refractivity contribution in [3.63, 3.8) is 0 Å². The van der Waals surface area contributed by atoms with E-state index in [-0.39, 0.29) is 7.92 Å². The van der Waals surface area contributed by atoms with Crippen LogP contribution in [0.25, 0.3) is 0 Å². The second-order valence-electron chi connectivity index (χ2n) is 5.39. The third-order valence-corrected chi connectivity index (χ3v) is 6.79. The Kier molecular flexibility index (Phi) is 6.42. The lowest BCUT2D eigenvalue weighted by atomic mass is 10.0. The molecule has 2 rings (SSSR count). The van der Waals surface area contributed by atoms with Crippen molar-refractivity contribution in [2.24, 2.45) is 5.92 Å². The van der Waals surface area contributed by atoms with Crippen LogP contribution in [0, 0.1) is 5.92 Å². The molecule has 0 N–H and O–H groups in total. The molecule has 0 amide bonds. The van der Waals surface area contributed by atoms with Crippen LogP contribution in [0.3, 0.4) is 0 Å². The molecule has 2 atom stereocenters. The first-order valence-electron chi connectivity index (χ1n) is 7.66. The monoisotopic (exact) mass is 300 g/mol. The van der Waals surface area contributed by atoms with E-state index < -0.39 is 0 Å². The van der Waals surface area contributed by atoms with Gasteiger partial charge in [0, 0.05) is 7.11 Å². The fraction of sp³-hybridized carbons (Fsp3) is 0.368. The minimum Gasteiger partial charge on any atom is -0.381 e. The zero-order valence-electron chi connectivity index (χ0n) is 13.2. The molecule has 0 saturated heterocycles. The smallest absolute Gasteiger partial charge is 0.0574 e. The average molecular weight is 300 g/mol. The summed E-state index contributed by atoms with van der Waals surface area (Å²) in [5.74, 6) is 0.599. The van der Waals surface area contributed by atoms with Gasteiger partial charge < -0.3 is 4.74 Å². The Bertz CT molecular complexity index is 472. The predicted molar refractivity (Wildman–Crippen MR) is 94.2 cm³/mol. The molecule has 0 fully saturated rings. The molecule has 2 aromatic carbocycles. The normalized spacial score (nSPS) is 14.1. The fourth-order valence-corrected chi connectivity index (χ4v) is 5.42. The second kappa shape index (κ2) is 8.32. The summed E-state index contributed by atoms with van der Waals surface area (Å²) in [6, 6.07) is 21.8. The van der Waals surface area contributed by atoms with Crippen molar-refractivity contribution in [2.45, 2.75) is 26.4 Å². The van der Waals surface area contributed by atoms with Crippen molar-refractivity contribution in [3.8, 4) is 0 Å². The summed E-state index contributed by atoms with van der Waals surface area (Å²) < 4.78 is 5.59. The van der Waals surface area contributed by atoms with Crippen molar-refractivity contribution in [2.75, 3.05) is 13.3 Å². The third kappa shape index (κ3) is 4.40. The Morgan fingerprint density at radius 3 is 1.76 bits per heavy atom. The topological polar surface area (TPSA) is 9.23 Å². The van der Waals surface area contributed by atoms with Crippen LogP contribution in [0.4, 0.5) is 0 Å². The van der Waals surface area contributed by atoms with Gasteiger partial charge >= 0.3 is 0 Å². The van der Waals surface area contributed by atoms with E-state index in [9.17, 15) is 0 Å². The van der Waals surface area contributed by atoms with Gasteiger partial charge in [0.15, 0.2) is 0 Å². The van der Waals surface area contributed by atoms with Crippen LogP contribution in [0.1, 0.15) is 20.3 Å². The highest BCUT2D eigenvalue weighted by atomic mass is 31.1. The first-order valence-corrected chi connectivity index (χ1v) is 9.19. The van der Waals surface area contributed by atoms with Gasteiger partial charge in [0.1, 0.15) is 0 Å². The number of ether oxygens (including phenoxy) is 1. The summed E-state index contributed by atoms with van der Waals surface area (Å²) in [5, 5.41) is 2.92. The molecule has 0 aliphatic heterocycles. The van der Waals surface area contributed by atoms with Crippen LogP contribution >= 0.6 is 7.92 Å². The highest BCUT2D eigenvalue weighted by molar-refractivity contribution is 7.73. The Morgan fingerprint density at radius 1 is 0.905 bits per heavy atom. The standard InChI is InChI=1S/C19H25OP/c1-4-17(16(2)20-3)15-21(18-11-7-5-8-12-18)19-13-9-6-10-14-19/h5-14,16-17H,4,15H2,1-3H3/t16-,17?/m0/s1. The number of rotatable bonds is 7. The molecule has 0 saturated carbocycles. The summed E-state index contributed by atoms with van der Waals surface area (Å²) in [4.78, 5) is 0. The maximum atomic E-state index is 5.59. The van der Waals surface area contributed by atoms with E-state index >= 15 is 0 Å². The first-order chi connectivity index (χ1) is 10.3. The molecule has 0 heterocycles. The largest absolute Gasteiger partial charge is 0.381 e. The average Bonchev–Trinajstić information content (AvgIpc) is 2.57. The molecule has 0 bridgehead atoms. The zero-order valence-corrected chi connectivity index (χ0v) is 14.1. The van der Waals surface area contributed by atoms with Crippen molar-refractivity contribution in [1.82, 2.24) is 0 Å². The molecule has 0 spiro atoms. The first kappa shape index (κ1) is 16.2. The SMILES string of the molecule is CCC(CP(c1ccccc1)c1ccccc1)[C@H](C)OC. The van der Waals surface area contributed by atoms with Crippen LogP contribution in [0.2, 0.25) is 0 Å². The van der Waals surface area contributed by atoms with Gasteiger partial charge in [0.25, 0.3) is 0 Å². The van der Waals surface area contributed by atoms with E-state index in [0.717, 1.165) is 6.42 Å². The number of benzene rings is 2. The molecule has 112 valence electrons. The van der Waals surface area contributed by atoms with Crippen LogP contribution in [0.15, 0.2) is 60.7 Å². The van der Waals surface area contributed by atoms with Crippen LogP contribution < -0.4 is 10.6 Å². The van der Waals surface area contributed by atoms with Crippen molar-refractivity contribution < 1.29 is 4.74 Å². The highest BCUT2D eigenvalue weighted by Crippen LogP contribution is 2.37. The Hall–Kier alpha value is -1.17. The van der Waals surface area contributed by atoms with Gasteiger partial charge in [-0.15, -0.1) is 0 Å². The molecule has 1 unspecified atom stereocenters. The van der Waals surface area contributed by atoms with Crippen LogP contribution in [-0.4, -0.2) is 19.4 Å². The van der Waals surface area contributed by atoms with Gasteiger partial charge in [0.2, 0.25) is 0 Å². The van der Waals surface area contributed by atoms with E-state index in [0.29, 0.717) is 12.0 Å². The quantitative estimate of drug-likeness (QED) is 0.697. The summed E-state index contributed by atoms with van der Waals surface area (Å²) in [6.45, 7) is 4.46. The molecule has 1 nitrogen and oxygen atoms in total. The molecule has 0 radical (unpaired) electrons. The van der Waals surface area contributed by atoms with E-state index in [1.54, 1.807) is 0 Å². The molecule has 2 aromatic rings. The lowest BCUT2D eigenvalue weighted by Gasteiger charge is -2.27. The molecular weight excluding hydrogens is 275 g/mol. The molecular formula is C19H25OP. The van der Waals surface area contributed by atoms with Gasteiger partial charge in [-0.2, -0.15) is 0 Å². The zero-order chi connectivity index (χ0) is 15.1. The summed E-state index contributed by atoms with van der Waals surface area (Å²) in [5.41, 5.74) is 0. The predicted octanol–water partition coefficient (Wildman–Crippen LogP) is 4.18. The summed E-state index contributed by atoms with van der Waals surface area (Å²) in [6.07, 6.45) is 2.66. The van der Waals surface area contributed by atoms with Crippen LogP contribution in [0.5, 0.6) is 0 Å². The second-order valence-corrected chi connectivity index (χ2v) is 7.64. The van der Waals surface area contributed by atoms with Crippen molar-refractivity contribution in [3.05, 3.63) is 60.7 Å². The van der Waals surface area contributed by atoms with E-state index in [1.165, 1.54) is 16.8 Å². The lowest BCUT2D eigenvalue weighted by Crippen LogP contribution is -2.26. The number of methoxy groups -OCH3 is 1.